The molecule has 0 saturated heterocycles. The molecule has 0 atom stereocenters. The van der Waals surface area contributed by atoms with E-state index in [0.29, 0.717) is 0 Å². The summed E-state index contributed by atoms with van der Waals surface area (Å²) < 4.78 is 22.7. The number of hydrogen-bond donors (Lipinski definition) is 0. The topological polar surface area (TPSA) is 101 Å². The first-order valence-electron chi connectivity index (χ1n) is 2.49. The van der Waals surface area contributed by atoms with Crippen LogP contribution < -0.4 is 0 Å². The van der Waals surface area contributed by atoms with Crippen molar-refractivity contribution in [3.63, 3.8) is 0 Å². The van der Waals surface area contributed by atoms with Crippen LogP contribution in [0.4, 0.5) is 0 Å². The molecule has 0 unspecified atom stereocenters. The predicted molar refractivity (Wildman–Crippen MR) is 33.5 cm³/mol. The van der Waals surface area contributed by atoms with Crippen molar-refractivity contribution in [2.24, 2.45) is 19.8 Å². The molecule has 1 rings (SSSR count). The fraction of sp³-hybridized carbons (Fsp3) is 0.333. The molecule has 0 spiro atoms. The standard InChI is InChI=1S/C3H2N4O3S/c8-3-2(5-7-6-3)1-4-11(9)10/h1H2. The van der Waals surface area contributed by atoms with Gasteiger partial charge in [0.05, 0.1) is 0 Å². The maximum Gasteiger partial charge on any atom is 0.315 e. The molecule has 0 bridgehead atoms. The molecule has 1 aliphatic heterocycles. The molecule has 1 amide bonds. The summed E-state index contributed by atoms with van der Waals surface area (Å²) in [6.45, 7) is -0.290. The summed E-state index contributed by atoms with van der Waals surface area (Å²) in [5.41, 5.74) is -0.0609. The second-order valence-corrected chi connectivity index (χ2v) is 2.24. The number of amides is 1. The van der Waals surface area contributed by atoms with Crippen molar-refractivity contribution in [2.75, 3.05) is 6.54 Å². The van der Waals surface area contributed by atoms with Gasteiger partial charge >= 0.3 is 16.4 Å². The van der Waals surface area contributed by atoms with Gasteiger partial charge in [-0.1, -0.05) is 5.11 Å². The minimum absolute atomic E-state index is 0.0609. The number of nitrogens with zero attached hydrogens (tertiary/aromatic N) is 4. The third kappa shape index (κ3) is 2.00. The first-order chi connectivity index (χ1) is 5.20. The van der Waals surface area contributed by atoms with Crippen LogP contribution >= 0.6 is 0 Å². The van der Waals surface area contributed by atoms with E-state index in [1.54, 1.807) is 0 Å². The van der Waals surface area contributed by atoms with Crippen LogP contribution in [0.25, 0.3) is 0 Å². The monoisotopic (exact) mass is 174 g/mol. The first-order valence-corrected chi connectivity index (χ1v) is 3.52. The molecule has 0 aromatic heterocycles. The first kappa shape index (κ1) is 7.66. The molecule has 0 N–H and O–H groups in total. The Morgan fingerprint density at radius 3 is 2.64 bits per heavy atom. The van der Waals surface area contributed by atoms with Crippen LogP contribution in [0.2, 0.25) is 0 Å². The van der Waals surface area contributed by atoms with Gasteiger partial charge in [0.1, 0.15) is 6.54 Å². The fourth-order valence-electron chi connectivity index (χ4n) is 0.431. The average Bonchev–Trinajstić information content (AvgIpc) is 2.31. The molecule has 0 radical (unpaired) electrons. The van der Waals surface area contributed by atoms with Crippen LogP contribution in [0.5, 0.6) is 0 Å². The average molecular weight is 174 g/mol. The van der Waals surface area contributed by atoms with Gasteiger partial charge in [0, 0.05) is 0 Å². The van der Waals surface area contributed by atoms with Gasteiger partial charge in [-0.15, -0.1) is 5.10 Å². The fourth-order valence-corrected chi connectivity index (χ4v) is 0.658. The molecule has 8 heteroatoms. The predicted octanol–water partition coefficient (Wildman–Crippen LogP) is -0.602. The number of hydrogen-bond acceptors (Lipinski definition) is 6. The van der Waals surface area contributed by atoms with Crippen LogP contribution in [-0.4, -0.2) is 26.6 Å². The molecular weight excluding hydrogens is 172 g/mol. The summed E-state index contributed by atoms with van der Waals surface area (Å²) in [5.74, 6) is -0.640. The third-order valence-electron chi connectivity index (χ3n) is 0.868. The highest BCUT2D eigenvalue weighted by Gasteiger charge is 2.14. The van der Waals surface area contributed by atoms with E-state index in [-0.39, 0.29) is 12.3 Å². The molecule has 0 saturated carbocycles. The van der Waals surface area contributed by atoms with Crippen LogP contribution in [0.3, 0.4) is 0 Å². The lowest BCUT2D eigenvalue weighted by Crippen LogP contribution is -2.10. The lowest BCUT2D eigenvalue weighted by molar-refractivity contribution is -0.111. The van der Waals surface area contributed by atoms with Gasteiger partial charge in [0.25, 0.3) is 0 Å². The Balaban J connectivity index is 2.67. The van der Waals surface area contributed by atoms with E-state index in [2.05, 4.69) is 19.8 Å². The zero-order valence-electron chi connectivity index (χ0n) is 5.13. The van der Waals surface area contributed by atoms with Crippen LogP contribution in [0, 0.1) is 0 Å². The Hall–Kier alpha value is -1.44. The molecule has 0 aromatic carbocycles. The highest BCUT2D eigenvalue weighted by molar-refractivity contribution is 7.61. The van der Waals surface area contributed by atoms with E-state index < -0.39 is 16.4 Å². The van der Waals surface area contributed by atoms with E-state index in [1.165, 1.54) is 0 Å². The SMILES string of the molecule is O=C1N=NN=C1CN=S(=O)=O. The Labute approximate surface area is 62.5 Å². The van der Waals surface area contributed by atoms with Crippen molar-refractivity contribution in [1.29, 1.82) is 0 Å². The smallest absolute Gasteiger partial charge is 0.263 e. The summed E-state index contributed by atoms with van der Waals surface area (Å²) in [5, 5.41) is 9.29. The van der Waals surface area contributed by atoms with Gasteiger partial charge in [0.2, 0.25) is 0 Å². The maximum atomic E-state index is 10.5. The van der Waals surface area contributed by atoms with Crippen molar-refractivity contribution < 1.29 is 13.2 Å². The number of carbonyl (C=O) groups is 1. The van der Waals surface area contributed by atoms with Crippen molar-refractivity contribution in [2.45, 2.75) is 0 Å². The van der Waals surface area contributed by atoms with Crippen molar-refractivity contribution in [1.82, 2.24) is 0 Å². The summed E-state index contributed by atoms with van der Waals surface area (Å²) >= 11 is 0. The second-order valence-electron chi connectivity index (χ2n) is 1.55. The molecular formula is C3H2N4O3S. The minimum Gasteiger partial charge on any atom is -0.263 e. The highest BCUT2D eigenvalue weighted by atomic mass is 32.2. The molecule has 1 aliphatic rings. The van der Waals surface area contributed by atoms with Crippen molar-refractivity contribution in [3.05, 3.63) is 0 Å². The number of carbonyl (C=O) groups excluding carboxylic acids is 1. The minimum atomic E-state index is -2.52. The van der Waals surface area contributed by atoms with E-state index in [1.807, 2.05) is 0 Å². The molecule has 0 aliphatic carbocycles. The quantitative estimate of drug-likeness (QED) is 0.558. The van der Waals surface area contributed by atoms with E-state index in [0.717, 1.165) is 0 Å². The highest BCUT2D eigenvalue weighted by Crippen LogP contribution is 1.96. The van der Waals surface area contributed by atoms with Gasteiger partial charge in [0.15, 0.2) is 5.71 Å². The molecule has 0 aromatic rings. The largest absolute Gasteiger partial charge is 0.315 e. The van der Waals surface area contributed by atoms with Gasteiger partial charge in [-0.2, -0.15) is 12.8 Å². The second kappa shape index (κ2) is 3.10. The normalized spacial score (nSPS) is 14.9. The zero-order valence-corrected chi connectivity index (χ0v) is 5.95. The van der Waals surface area contributed by atoms with E-state index in [9.17, 15) is 13.2 Å². The lowest BCUT2D eigenvalue weighted by Gasteiger charge is -1.82. The zero-order chi connectivity index (χ0) is 8.27. The van der Waals surface area contributed by atoms with Crippen LogP contribution in [0.1, 0.15) is 0 Å². The van der Waals surface area contributed by atoms with Crippen LogP contribution in [0.15, 0.2) is 19.8 Å². The van der Waals surface area contributed by atoms with Crippen LogP contribution in [-0.2, 0) is 15.3 Å². The maximum absolute atomic E-state index is 10.5. The Morgan fingerprint density at radius 1 is 1.45 bits per heavy atom. The van der Waals surface area contributed by atoms with E-state index in [4.69, 9.17) is 0 Å². The lowest BCUT2D eigenvalue weighted by atomic mass is 10.4. The number of rotatable bonds is 2. The summed E-state index contributed by atoms with van der Waals surface area (Å²) in [4.78, 5) is 10.5. The van der Waals surface area contributed by atoms with Gasteiger partial charge < -0.3 is 0 Å². The summed E-state index contributed by atoms with van der Waals surface area (Å²) in [6, 6.07) is 0. The van der Waals surface area contributed by atoms with E-state index >= 15 is 0 Å². The molecule has 7 nitrogen and oxygen atoms in total. The van der Waals surface area contributed by atoms with Crippen molar-refractivity contribution >= 4 is 22.1 Å². The van der Waals surface area contributed by atoms with Gasteiger partial charge in [-0.3, -0.25) is 4.79 Å². The Kier molecular flexibility index (Phi) is 2.16. The molecule has 11 heavy (non-hydrogen) atoms. The van der Waals surface area contributed by atoms with Crippen molar-refractivity contribution in [3.8, 4) is 0 Å². The summed E-state index contributed by atoms with van der Waals surface area (Å²) in [6.07, 6.45) is 0. The van der Waals surface area contributed by atoms with Gasteiger partial charge in [-0.05, 0) is 5.22 Å². The molecule has 0 fully saturated rings. The molecule has 58 valence electrons. The Morgan fingerprint density at radius 2 is 2.18 bits per heavy atom. The summed E-state index contributed by atoms with van der Waals surface area (Å²) in [7, 11) is -2.52. The molecule has 1 heterocycles. The Bertz CT molecular complexity index is 356. The van der Waals surface area contributed by atoms with Gasteiger partial charge in [-0.25, -0.2) is 0 Å². The third-order valence-corrected chi connectivity index (χ3v) is 1.21.